The van der Waals surface area contributed by atoms with Crippen molar-refractivity contribution in [2.45, 2.75) is 130 Å². The quantitative estimate of drug-likeness (QED) is 0.202. The molecule has 0 aliphatic heterocycles. The number of unbranched alkanes of at least 4 members (excludes halogenated alkanes) is 14. The van der Waals surface area contributed by atoms with Gasteiger partial charge in [-0.05, 0) is 32.4 Å². The zero-order valence-electron chi connectivity index (χ0n) is 17.5. The van der Waals surface area contributed by atoms with Crippen LogP contribution in [0.25, 0.3) is 0 Å². The zero-order chi connectivity index (χ0) is 17.7. The summed E-state index contributed by atoms with van der Waals surface area (Å²) in [4.78, 5) is 2.61. The van der Waals surface area contributed by atoms with E-state index in [1.807, 2.05) is 0 Å². The predicted octanol–water partition coefficient (Wildman–Crippen LogP) is 8.14. The van der Waals surface area contributed by atoms with Gasteiger partial charge >= 0.3 is 0 Å². The summed E-state index contributed by atoms with van der Waals surface area (Å²) in [5.41, 5.74) is 0. The van der Waals surface area contributed by atoms with E-state index in [9.17, 15) is 0 Å². The molecule has 1 radical (unpaired) electrons. The van der Waals surface area contributed by atoms with E-state index in [0.717, 1.165) is 0 Å². The van der Waals surface area contributed by atoms with Gasteiger partial charge < -0.3 is 0 Å². The molecule has 0 bridgehead atoms. The molecule has 0 atom stereocenters. The molecule has 1 nitrogen and oxygen atoms in total. The van der Waals surface area contributed by atoms with Crippen molar-refractivity contribution in [3.63, 3.8) is 0 Å². The average Bonchev–Trinajstić information content (AvgIpc) is 2.59. The van der Waals surface area contributed by atoms with E-state index >= 15 is 0 Å². The number of rotatable bonds is 20. The maximum absolute atomic E-state index is 2.61. The molecule has 0 rings (SSSR count). The third-order valence-electron chi connectivity index (χ3n) is 5.04. The highest BCUT2D eigenvalue weighted by Gasteiger charge is 2.03. The van der Waals surface area contributed by atoms with E-state index in [4.69, 9.17) is 0 Å². The van der Waals surface area contributed by atoms with Crippen molar-refractivity contribution in [2.24, 2.45) is 0 Å². The normalized spacial score (nSPS) is 11.5. The molecule has 0 fully saturated rings. The lowest BCUT2D eigenvalue weighted by Gasteiger charge is -2.21. The fraction of sp³-hybridized carbons (Fsp3) is 0.957. The second-order valence-electron chi connectivity index (χ2n) is 7.58. The standard InChI is InChI=1S/C23H48N/c1-4-7-9-11-13-15-17-19-22-24(21-6-3)23-20-18-16-14-12-10-8-5-2/h21H,4-20,22-23H2,1-3H3. The van der Waals surface area contributed by atoms with Crippen molar-refractivity contribution in [1.82, 2.24) is 4.90 Å². The molecule has 0 aromatic rings. The van der Waals surface area contributed by atoms with Gasteiger partial charge in [0.25, 0.3) is 0 Å². The molecular weight excluding hydrogens is 290 g/mol. The van der Waals surface area contributed by atoms with Crippen LogP contribution in [-0.4, -0.2) is 18.0 Å². The average molecular weight is 339 g/mol. The lowest BCUT2D eigenvalue weighted by molar-refractivity contribution is 0.307. The van der Waals surface area contributed by atoms with Gasteiger partial charge in [-0.15, -0.1) is 0 Å². The van der Waals surface area contributed by atoms with Crippen LogP contribution in [0.5, 0.6) is 0 Å². The highest BCUT2D eigenvalue weighted by atomic mass is 15.1. The van der Waals surface area contributed by atoms with Gasteiger partial charge in [0.2, 0.25) is 0 Å². The first-order valence-electron chi connectivity index (χ1n) is 11.4. The number of hydrogen-bond donors (Lipinski definition) is 0. The fourth-order valence-electron chi connectivity index (χ4n) is 3.45. The minimum Gasteiger partial charge on any atom is -0.299 e. The summed E-state index contributed by atoms with van der Waals surface area (Å²) in [6.45, 7) is 11.9. The molecule has 0 aliphatic carbocycles. The molecule has 145 valence electrons. The molecule has 1 heteroatoms. The van der Waals surface area contributed by atoms with Crippen molar-refractivity contribution in [1.29, 1.82) is 0 Å². The second kappa shape index (κ2) is 21.0. The summed E-state index contributed by atoms with van der Waals surface area (Å²) >= 11 is 0. The van der Waals surface area contributed by atoms with Crippen LogP contribution < -0.4 is 0 Å². The Labute approximate surface area is 155 Å². The molecule has 0 saturated heterocycles. The van der Waals surface area contributed by atoms with Gasteiger partial charge in [-0.25, -0.2) is 0 Å². The van der Waals surface area contributed by atoms with Crippen LogP contribution in [0.15, 0.2) is 0 Å². The van der Waals surface area contributed by atoms with Gasteiger partial charge in [0.05, 0.1) is 0 Å². The summed E-state index contributed by atoms with van der Waals surface area (Å²) in [5.74, 6) is 0. The van der Waals surface area contributed by atoms with Crippen molar-refractivity contribution in [3.8, 4) is 0 Å². The van der Waals surface area contributed by atoms with Crippen molar-refractivity contribution >= 4 is 0 Å². The van der Waals surface area contributed by atoms with Gasteiger partial charge in [0, 0.05) is 6.54 Å². The van der Waals surface area contributed by atoms with Crippen LogP contribution in [-0.2, 0) is 0 Å². The van der Waals surface area contributed by atoms with E-state index in [-0.39, 0.29) is 0 Å². The molecule has 0 saturated carbocycles. The van der Waals surface area contributed by atoms with Crippen LogP contribution in [0.4, 0.5) is 0 Å². The number of hydrogen-bond acceptors (Lipinski definition) is 1. The Morgan fingerprint density at radius 1 is 0.458 bits per heavy atom. The van der Waals surface area contributed by atoms with E-state index in [1.165, 1.54) is 122 Å². The zero-order valence-corrected chi connectivity index (χ0v) is 17.5. The first-order valence-corrected chi connectivity index (χ1v) is 11.4. The minimum absolute atomic E-state index is 1.19. The largest absolute Gasteiger partial charge is 0.299 e. The third-order valence-corrected chi connectivity index (χ3v) is 5.04. The third kappa shape index (κ3) is 18.3. The van der Waals surface area contributed by atoms with Crippen LogP contribution in [0.3, 0.4) is 0 Å². The van der Waals surface area contributed by atoms with E-state index in [1.54, 1.807) is 0 Å². The summed E-state index contributed by atoms with van der Waals surface area (Å²) in [5, 5.41) is 0. The molecule has 0 aliphatic rings. The molecule has 0 unspecified atom stereocenters. The summed E-state index contributed by atoms with van der Waals surface area (Å²) in [6, 6.07) is 0. The molecule has 0 heterocycles. The van der Waals surface area contributed by atoms with E-state index in [2.05, 4.69) is 32.2 Å². The highest BCUT2D eigenvalue weighted by molar-refractivity contribution is 4.67. The Hall–Kier alpha value is -0.0400. The van der Waals surface area contributed by atoms with Crippen molar-refractivity contribution < 1.29 is 0 Å². The summed E-state index contributed by atoms with van der Waals surface area (Å²) in [7, 11) is 0. The highest BCUT2D eigenvalue weighted by Crippen LogP contribution is 2.12. The fourth-order valence-corrected chi connectivity index (χ4v) is 3.45. The first kappa shape index (κ1) is 24.0. The Kier molecular flexibility index (Phi) is 21.0. The maximum Gasteiger partial charge on any atom is 0.0248 e. The van der Waals surface area contributed by atoms with Crippen LogP contribution in [0.1, 0.15) is 130 Å². The predicted molar refractivity (Wildman–Crippen MR) is 111 cm³/mol. The minimum atomic E-state index is 1.19. The van der Waals surface area contributed by atoms with Gasteiger partial charge in [-0.2, -0.15) is 0 Å². The van der Waals surface area contributed by atoms with Crippen molar-refractivity contribution in [3.05, 3.63) is 6.54 Å². The van der Waals surface area contributed by atoms with Gasteiger partial charge in [-0.1, -0.05) is 111 Å². The van der Waals surface area contributed by atoms with Gasteiger partial charge in [0.1, 0.15) is 0 Å². The van der Waals surface area contributed by atoms with E-state index in [0.29, 0.717) is 0 Å². The maximum atomic E-state index is 2.61. The Morgan fingerprint density at radius 3 is 1.12 bits per heavy atom. The topological polar surface area (TPSA) is 3.24 Å². The molecule has 0 N–H and O–H groups in total. The summed E-state index contributed by atoms with van der Waals surface area (Å²) < 4.78 is 0. The molecule has 0 aromatic heterocycles. The summed E-state index contributed by atoms with van der Waals surface area (Å²) in [6.07, 6.45) is 24.0. The van der Waals surface area contributed by atoms with Crippen LogP contribution in [0.2, 0.25) is 0 Å². The lowest BCUT2D eigenvalue weighted by Crippen LogP contribution is -2.23. The van der Waals surface area contributed by atoms with Gasteiger partial charge in [0.15, 0.2) is 0 Å². The molecule has 0 amide bonds. The first-order chi connectivity index (χ1) is 11.8. The van der Waals surface area contributed by atoms with Crippen LogP contribution in [0, 0.1) is 6.54 Å². The van der Waals surface area contributed by atoms with Gasteiger partial charge in [-0.3, -0.25) is 4.90 Å². The smallest absolute Gasteiger partial charge is 0.0248 e. The lowest BCUT2D eigenvalue weighted by atomic mass is 10.1. The number of nitrogens with zero attached hydrogens (tertiary/aromatic N) is 1. The molecule has 24 heavy (non-hydrogen) atoms. The second-order valence-corrected chi connectivity index (χ2v) is 7.58. The Morgan fingerprint density at radius 2 is 0.792 bits per heavy atom. The Balaban J connectivity index is 3.43. The molecule has 0 aromatic carbocycles. The molecular formula is C23H48N. The monoisotopic (exact) mass is 338 g/mol. The molecule has 0 spiro atoms. The Bertz CT molecular complexity index is 194. The van der Waals surface area contributed by atoms with E-state index < -0.39 is 0 Å². The van der Waals surface area contributed by atoms with Crippen LogP contribution >= 0.6 is 0 Å². The van der Waals surface area contributed by atoms with Crippen molar-refractivity contribution in [2.75, 3.05) is 13.1 Å². The SMILES string of the molecule is CC[CH]N(CCCCCCCCCC)CCCCCCCCCC.